The van der Waals surface area contributed by atoms with Crippen LogP contribution in [0.1, 0.15) is 37.3 Å². The molecule has 0 N–H and O–H groups in total. The first kappa shape index (κ1) is 21.2. The Bertz CT molecular complexity index is 950. The molecule has 0 aromatic heterocycles. The molecule has 0 aliphatic carbocycles. The number of carbonyl (C=O) groups excluding carboxylic acids is 3. The van der Waals surface area contributed by atoms with Gasteiger partial charge in [-0.2, -0.15) is 0 Å². The highest BCUT2D eigenvalue weighted by Crippen LogP contribution is 2.29. The Morgan fingerprint density at radius 1 is 1.00 bits per heavy atom. The number of rotatable bonds is 5. The number of benzene rings is 2. The van der Waals surface area contributed by atoms with E-state index in [-0.39, 0.29) is 30.2 Å². The molecule has 2 saturated heterocycles. The molecule has 0 spiro atoms. The average molecular weight is 420 g/mol. The van der Waals surface area contributed by atoms with Gasteiger partial charge in [0.25, 0.3) is 5.91 Å². The molecule has 2 aromatic carbocycles. The van der Waals surface area contributed by atoms with Gasteiger partial charge in [0.05, 0.1) is 12.1 Å². The number of carbonyl (C=O) groups is 3. The van der Waals surface area contributed by atoms with E-state index in [0.717, 1.165) is 38.0 Å². The first-order valence-corrected chi connectivity index (χ1v) is 10.9. The number of amides is 3. The van der Waals surface area contributed by atoms with Crippen LogP contribution in [0.5, 0.6) is 0 Å². The lowest BCUT2D eigenvalue weighted by molar-refractivity contribution is -0.140. The number of anilines is 1. The van der Waals surface area contributed by atoms with Crippen molar-refractivity contribution in [1.29, 1.82) is 0 Å². The molecular formula is C25H29N3O3. The average Bonchev–Trinajstić information content (AvgIpc) is 3.04. The number of hydrogen-bond acceptors (Lipinski definition) is 4. The lowest BCUT2D eigenvalue weighted by Gasteiger charge is -2.40. The Kier molecular flexibility index (Phi) is 6.18. The SMILES string of the molecule is CC(=O)N(C1CCN(Cc2ccccc2)CC1)C1CC(=O)N(c2ccc(C)cc2)C1=O. The zero-order valence-electron chi connectivity index (χ0n) is 18.2. The van der Waals surface area contributed by atoms with E-state index in [4.69, 9.17) is 0 Å². The molecule has 2 aliphatic heterocycles. The Morgan fingerprint density at radius 2 is 1.65 bits per heavy atom. The fraction of sp³-hybridized carbons (Fsp3) is 0.400. The van der Waals surface area contributed by atoms with Crippen LogP contribution in [0, 0.1) is 6.92 Å². The Hall–Kier alpha value is -2.99. The molecule has 2 fully saturated rings. The van der Waals surface area contributed by atoms with Gasteiger partial charge in [-0.05, 0) is 37.5 Å². The largest absolute Gasteiger partial charge is 0.327 e. The third kappa shape index (κ3) is 4.54. The highest BCUT2D eigenvalue weighted by atomic mass is 16.2. The van der Waals surface area contributed by atoms with Gasteiger partial charge in [0, 0.05) is 32.6 Å². The van der Waals surface area contributed by atoms with E-state index in [1.807, 2.05) is 37.3 Å². The Morgan fingerprint density at radius 3 is 2.26 bits per heavy atom. The van der Waals surface area contributed by atoms with E-state index in [2.05, 4.69) is 17.0 Å². The smallest absolute Gasteiger partial charge is 0.257 e. The summed E-state index contributed by atoms with van der Waals surface area (Å²) in [6.07, 6.45) is 1.65. The molecule has 0 saturated carbocycles. The predicted octanol–water partition coefficient (Wildman–Crippen LogP) is 3.14. The molecule has 6 nitrogen and oxygen atoms in total. The number of nitrogens with zero attached hydrogens (tertiary/aromatic N) is 3. The molecule has 0 bridgehead atoms. The molecule has 2 aromatic rings. The zero-order valence-corrected chi connectivity index (χ0v) is 18.2. The molecule has 4 rings (SSSR count). The van der Waals surface area contributed by atoms with Crippen LogP contribution in [0.3, 0.4) is 0 Å². The number of hydrogen-bond donors (Lipinski definition) is 0. The highest BCUT2D eigenvalue weighted by molar-refractivity contribution is 6.23. The van der Waals surface area contributed by atoms with Crippen LogP contribution in [0.4, 0.5) is 5.69 Å². The normalized spacial score (nSPS) is 20.3. The van der Waals surface area contributed by atoms with E-state index >= 15 is 0 Å². The Labute approximate surface area is 183 Å². The quantitative estimate of drug-likeness (QED) is 0.699. The van der Waals surface area contributed by atoms with Gasteiger partial charge >= 0.3 is 0 Å². The summed E-state index contributed by atoms with van der Waals surface area (Å²) in [7, 11) is 0. The summed E-state index contributed by atoms with van der Waals surface area (Å²) in [4.78, 5) is 43.8. The van der Waals surface area contributed by atoms with Gasteiger partial charge < -0.3 is 4.90 Å². The first-order valence-electron chi connectivity index (χ1n) is 10.9. The van der Waals surface area contributed by atoms with Crippen molar-refractivity contribution in [3.8, 4) is 0 Å². The minimum Gasteiger partial charge on any atom is -0.327 e. The Balaban J connectivity index is 1.44. The lowest BCUT2D eigenvalue weighted by atomic mass is 9.99. The molecule has 2 aliphatic rings. The van der Waals surface area contributed by atoms with Gasteiger partial charge in [-0.3, -0.25) is 19.3 Å². The van der Waals surface area contributed by atoms with E-state index in [1.54, 1.807) is 17.0 Å². The summed E-state index contributed by atoms with van der Waals surface area (Å²) in [5.41, 5.74) is 2.91. The second-order valence-electron chi connectivity index (χ2n) is 8.54. The summed E-state index contributed by atoms with van der Waals surface area (Å²) in [5, 5.41) is 0. The van der Waals surface area contributed by atoms with Gasteiger partial charge in [0.2, 0.25) is 11.8 Å². The van der Waals surface area contributed by atoms with Crippen molar-refractivity contribution < 1.29 is 14.4 Å². The minimum absolute atomic E-state index is 0.0239. The van der Waals surface area contributed by atoms with Crippen molar-refractivity contribution in [2.45, 2.75) is 51.7 Å². The van der Waals surface area contributed by atoms with Crippen molar-refractivity contribution >= 4 is 23.4 Å². The lowest BCUT2D eigenvalue weighted by Crippen LogP contribution is -2.53. The van der Waals surface area contributed by atoms with Gasteiger partial charge in [0.15, 0.2) is 0 Å². The van der Waals surface area contributed by atoms with Crippen LogP contribution < -0.4 is 4.90 Å². The second kappa shape index (κ2) is 9.02. The number of aryl methyl sites for hydroxylation is 1. The van der Waals surface area contributed by atoms with Crippen molar-refractivity contribution in [2.24, 2.45) is 0 Å². The first-order chi connectivity index (χ1) is 14.9. The molecule has 0 radical (unpaired) electrons. The molecule has 1 unspecified atom stereocenters. The molecular weight excluding hydrogens is 390 g/mol. The van der Waals surface area contributed by atoms with Crippen LogP contribution in [-0.4, -0.2) is 52.7 Å². The fourth-order valence-electron chi connectivity index (χ4n) is 4.73. The highest BCUT2D eigenvalue weighted by Gasteiger charge is 2.46. The van der Waals surface area contributed by atoms with Crippen LogP contribution in [0.2, 0.25) is 0 Å². The summed E-state index contributed by atoms with van der Waals surface area (Å²) in [6.45, 7) is 6.07. The predicted molar refractivity (Wildman–Crippen MR) is 119 cm³/mol. The van der Waals surface area contributed by atoms with E-state index in [0.29, 0.717) is 5.69 Å². The van der Waals surface area contributed by atoms with Crippen molar-refractivity contribution in [3.63, 3.8) is 0 Å². The third-order valence-corrected chi connectivity index (χ3v) is 6.31. The summed E-state index contributed by atoms with van der Waals surface area (Å²) < 4.78 is 0. The molecule has 31 heavy (non-hydrogen) atoms. The maximum atomic E-state index is 13.2. The fourth-order valence-corrected chi connectivity index (χ4v) is 4.73. The van der Waals surface area contributed by atoms with Crippen LogP contribution in [0.15, 0.2) is 54.6 Å². The van der Waals surface area contributed by atoms with E-state index in [1.165, 1.54) is 17.4 Å². The van der Waals surface area contributed by atoms with E-state index < -0.39 is 6.04 Å². The monoisotopic (exact) mass is 419 g/mol. The van der Waals surface area contributed by atoms with Crippen LogP contribution in [-0.2, 0) is 20.9 Å². The summed E-state index contributed by atoms with van der Waals surface area (Å²) in [6, 6.07) is 16.9. The molecule has 2 heterocycles. The van der Waals surface area contributed by atoms with Gasteiger partial charge in [0.1, 0.15) is 6.04 Å². The molecule has 6 heteroatoms. The summed E-state index contributed by atoms with van der Waals surface area (Å²) in [5.74, 6) is -0.680. The van der Waals surface area contributed by atoms with Gasteiger partial charge in [-0.15, -0.1) is 0 Å². The minimum atomic E-state index is -0.711. The molecule has 1 atom stereocenters. The molecule has 3 amide bonds. The number of imide groups is 1. The second-order valence-corrected chi connectivity index (χ2v) is 8.54. The maximum absolute atomic E-state index is 13.2. The molecule has 162 valence electrons. The summed E-state index contributed by atoms with van der Waals surface area (Å²) >= 11 is 0. The van der Waals surface area contributed by atoms with Gasteiger partial charge in [-0.25, -0.2) is 4.90 Å². The third-order valence-electron chi connectivity index (χ3n) is 6.31. The maximum Gasteiger partial charge on any atom is 0.257 e. The van der Waals surface area contributed by atoms with Crippen molar-refractivity contribution in [1.82, 2.24) is 9.80 Å². The van der Waals surface area contributed by atoms with Crippen molar-refractivity contribution in [3.05, 3.63) is 65.7 Å². The van der Waals surface area contributed by atoms with Gasteiger partial charge in [-0.1, -0.05) is 48.0 Å². The number of likely N-dealkylation sites (tertiary alicyclic amines) is 1. The zero-order chi connectivity index (χ0) is 22.0. The van der Waals surface area contributed by atoms with Crippen LogP contribution in [0.25, 0.3) is 0 Å². The standard InChI is InChI=1S/C25H29N3O3/c1-18-8-10-21(11-9-18)28-24(30)16-23(25(28)31)27(19(2)29)22-12-14-26(15-13-22)17-20-6-4-3-5-7-20/h3-11,22-23H,12-17H2,1-2H3. The topological polar surface area (TPSA) is 60.9 Å². The van der Waals surface area contributed by atoms with Crippen molar-refractivity contribution in [2.75, 3.05) is 18.0 Å². The van der Waals surface area contributed by atoms with Crippen LogP contribution >= 0.6 is 0 Å². The number of piperidine rings is 1. The van der Waals surface area contributed by atoms with E-state index in [9.17, 15) is 14.4 Å².